The molecule has 5 atom stereocenters. The van der Waals surface area contributed by atoms with Crippen molar-refractivity contribution in [2.45, 2.75) is 62.5 Å². The zero-order valence-electron chi connectivity index (χ0n) is 25.8. The van der Waals surface area contributed by atoms with E-state index in [4.69, 9.17) is 19.9 Å². The van der Waals surface area contributed by atoms with Crippen LogP contribution >= 0.6 is 0 Å². The van der Waals surface area contributed by atoms with Gasteiger partial charge in [-0.25, -0.2) is 13.2 Å². The summed E-state index contributed by atoms with van der Waals surface area (Å²) in [5, 5.41) is 25.6. The van der Waals surface area contributed by atoms with Gasteiger partial charge in [0.15, 0.2) is 6.29 Å². The molecule has 2 aliphatic heterocycles. The first kappa shape index (κ1) is 34.4. The summed E-state index contributed by atoms with van der Waals surface area (Å²) < 4.78 is 45.9. The molecule has 2 amide bonds. The Morgan fingerprint density at radius 2 is 1.91 bits per heavy atom. The van der Waals surface area contributed by atoms with Crippen LogP contribution in [0.1, 0.15) is 32.3 Å². The molecular formula is C31H43N4O9S-. The van der Waals surface area contributed by atoms with Gasteiger partial charge in [0.05, 0.1) is 36.2 Å². The molecule has 248 valence electrons. The van der Waals surface area contributed by atoms with Crippen LogP contribution in [0.4, 0.5) is 15.3 Å². The molecule has 14 heteroatoms. The monoisotopic (exact) mass is 647 g/mol. The number of ether oxygens (including phenoxy) is 3. The molecule has 2 aromatic carbocycles. The molecule has 2 aliphatic rings. The van der Waals surface area contributed by atoms with E-state index in [-0.39, 0.29) is 49.2 Å². The molecule has 2 saturated heterocycles. The molecule has 2 fully saturated rings. The van der Waals surface area contributed by atoms with Crippen LogP contribution in [-0.4, -0.2) is 99.4 Å². The molecule has 0 unspecified atom stereocenters. The minimum atomic E-state index is -4.19. The van der Waals surface area contributed by atoms with E-state index in [1.165, 1.54) is 25.2 Å². The van der Waals surface area contributed by atoms with Crippen molar-refractivity contribution < 1.29 is 42.4 Å². The maximum Gasteiger partial charge on any atom is 0.407 e. The van der Waals surface area contributed by atoms with E-state index in [0.717, 1.165) is 14.8 Å². The van der Waals surface area contributed by atoms with Crippen LogP contribution in [0.3, 0.4) is 0 Å². The van der Waals surface area contributed by atoms with E-state index >= 15 is 0 Å². The van der Waals surface area contributed by atoms with Crippen LogP contribution in [0.5, 0.6) is 0 Å². The predicted molar refractivity (Wildman–Crippen MR) is 163 cm³/mol. The molecule has 45 heavy (non-hydrogen) atoms. The highest BCUT2D eigenvalue weighted by atomic mass is 32.2. The number of carbonyl (C=O) groups excluding carboxylic acids is 2. The Kier molecular flexibility index (Phi) is 11.3. The molecule has 0 aliphatic carbocycles. The molecular weight excluding hydrogens is 604 g/mol. The smallest absolute Gasteiger partial charge is 0.407 e. The number of anilines is 1. The van der Waals surface area contributed by atoms with Gasteiger partial charge in [0.25, 0.3) is 0 Å². The normalized spacial score (nSPS) is 21.2. The number of sulfonamides is 1. The van der Waals surface area contributed by atoms with Gasteiger partial charge in [-0.2, -0.15) is 4.31 Å². The summed E-state index contributed by atoms with van der Waals surface area (Å²) in [6.45, 7) is 4.02. The third kappa shape index (κ3) is 9.30. The lowest BCUT2D eigenvalue weighted by Gasteiger charge is -2.36. The number of aliphatic hydroxyl groups is 1. The molecule has 0 radical (unpaired) electrons. The highest BCUT2D eigenvalue weighted by molar-refractivity contribution is 7.89. The van der Waals surface area contributed by atoms with Gasteiger partial charge in [-0.15, -0.1) is 0 Å². The molecule has 4 N–H and O–H groups in total. The first-order chi connectivity index (χ1) is 21.2. The van der Waals surface area contributed by atoms with Crippen molar-refractivity contribution in [3.8, 4) is 0 Å². The summed E-state index contributed by atoms with van der Waals surface area (Å²) in [7, 11) is -2.81. The average molecular weight is 648 g/mol. The zero-order chi connectivity index (χ0) is 32.8. The maximum atomic E-state index is 14.0. The summed E-state index contributed by atoms with van der Waals surface area (Å²) in [6, 6.07) is 14.1. The van der Waals surface area contributed by atoms with Gasteiger partial charge in [-0.1, -0.05) is 50.2 Å². The fourth-order valence-electron chi connectivity index (χ4n) is 5.55. The number of amides is 2. The fraction of sp³-hybridized carbons (Fsp3) is 0.548. The largest absolute Gasteiger partial charge is 0.530 e. The van der Waals surface area contributed by atoms with Gasteiger partial charge in [0, 0.05) is 32.4 Å². The zero-order valence-corrected chi connectivity index (χ0v) is 26.6. The minimum Gasteiger partial charge on any atom is -0.530 e. The van der Waals surface area contributed by atoms with Crippen LogP contribution in [0.15, 0.2) is 59.5 Å². The second-order valence-corrected chi connectivity index (χ2v) is 14.4. The lowest BCUT2D eigenvalue weighted by atomic mass is 9.89. The van der Waals surface area contributed by atoms with E-state index in [1.807, 2.05) is 44.2 Å². The molecule has 2 heterocycles. The summed E-state index contributed by atoms with van der Waals surface area (Å²) in [5.41, 5.74) is 6.25. The molecule has 0 aromatic heterocycles. The Labute approximate surface area is 264 Å². The number of nitrogen functional groups attached to an aromatic ring is 1. The second-order valence-electron chi connectivity index (χ2n) is 12.4. The Bertz CT molecular complexity index is 1410. The highest BCUT2D eigenvalue weighted by Crippen LogP contribution is 2.33. The van der Waals surface area contributed by atoms with Crippen molar-refractivity contribution in [1.82, 2.24) is 14.5 Å². The summed E-state index contributed by atoms with van der Waals surface area (Å²) in [5.74, 6) is -0.0784. The molecule has 0 spiro atoms. The van der Waals surface area contributed by atoms with E-state index in [0.29, 0.717) is 19.4 Å². The van der Waals surface area contributed by atoms with Crippen LogP contribution < -0.4 is 16.2 Å². The Morgan fingerprint density at radius 3 is 2.60 bits per heavy atom. The topological polar surface area (TPSA) is 184 Å². The SMILES string of the molecule is CN(CCC(C)(C)CN(C[C@@H](O)[C@H](Cc1ccccc1)NC(=O)O[C@H]1CO[C@H]2OCC[C@H]21)S(=O)(=O)c1cccc(N)c1)C(=O)[O-]. The number of nitrogens with one attached hydrogen (secondary N) is 1. The van der Waals surface area contributed by atoms with Gasteiger partial charge >= 0.3 is 6.09 Å². The quantitative estimate of drug-likeness (QED) is 0.253. The van der Waals surface area contributed by atoms with Crippen LogP contribution in [0.25, 0.3) is 0 Å². The van der Waals surface area contributed by atoms with Crippen molar-refractivity contribution in [1.29, 1.82) is 0 Å². The van der Waals surface area contributed by atoms with Crippen LogP contribution in [-0.2, 0) is 30.7 Å². The number of hydrogen-bond donors (Lipinski definition) is 3. The summed E-state index contributed by atoms with van der Waals surface area (Å²) in [4.78, 5) is 25.3. The lowest BCUT2D eigenvalue weighted by Crippen LogP contribution is -2.52. The number of carboxylic acid groups (broad SMARTS) is 1. The molecule has 0 saturated carbocycles. The first-order valence-electron chi connectivity index (χ1n) is 15.0. The van der Waals surface area contributed by atoms with E-state index in [2.05, 4.69) is 5.32 Å². The first-order valence-corrected chi connectivity index (χ1v) is 16.4. The number of fused-ring (bicyclic) bond motifs is 1. The molecule has 4 rings (SSSR count). The maximum absolute atomic E-state index is 14.0. The molecule has 13 nitrogen and oxygen atoms in total. The number of nitrogens with zero attached hydrogens (tertiary/aromatic N) is 2. The van der Waals surface area contributed by atoms with Crippen molar-refractivity contribution in [3.05, 3.63) is 60.2 Å². The second kappa shape index (κ2) is 14.8. The third-order valence-corrected chi connectivity index (χ3v) is 10.0. The van der Waals surface area contributed by atoms with Crippen LogP contribution in [0, 0.1) is 11.3 Å². The molecule has 2 aromatic rings. The van der Waals surface area contributed by atoms with Gasteiger partial charge in [0.1, 0.15) is 12.2 Å². The number of carbonyl (C=O) groups is 2. The number of hydrogen-bond acceptors (Lipinski definition) is 10. The lowest BCUT2D eigenvalue weighted by molar-refractivity contribution is -0.264. The number of nitrogens with two attached hydrogens (primary N) is 1. The average Bonchev–Trinajstić information content (AvgIpc) is 3.61. The van der Waals surface area contributed by atoms with Crippen LogP contribution in [0.2, 0.25) is 0 Å². The van der Waals surface area contributed by atoms with Gasteiger partial charge in [0.2, 0.25) is 10.0 Å². The van der Waals surface area contributed by atoms with Crippen molar-refractivity contribution >= 4 is 27.9 Å². The predicted octanol–water partition coefficient (Wildman–Crippen LogP) is 1.41. The Morgan fingerprint density at radius 1 is 1.18 bits per heavy atom. The number of aliphatic hydroxyl groups excluding tert-OH is 1. The Balaban J connectivity index is 1.56. The fourth-order valence-corrected chi connectivity index (χ4v) is 7.25. The third-order valence-electron chi connectivity index (χ3n) is 8.24. The number of alkyl carbamates (subject to hydrolysis) is 1. The number of rotatable bonds is 14. The van der Waals surface area contributed by atoms with E-state index < -0.39 is 52.2 Å². The van der Waals surface area contributed by atoms with Gasteiger partial charge in [-0.3, -0.25) is 0 Å². The van der Waals surface area contributed by atoms with E-state index in [1.54, 1.807) is 6.07 Å². The van der Waals surface area contributed by atoms with Crippen molar-refractivity contribution in [2.75, 3.05) is 45.6 Å². The van der Waals surface area contributed by atoms with Gasteiger partial charge in [-0.05, 0) is 48.4 Å². The molecule has 0 bridgehead atoms. The summed E-state index contributed by atoms with van der Waals surface area (Å²) in [6.07, 6.45) is -3.17. The Hall–Kier alpha value is -3.43. The van der Waals surface area contributed by atoms with E-state index in [9.17, 15) is 28.2 Å². The summed E-state index contributed by atoms with van der Waals surface area (Å²) >= 11 is 0. The minimum absolute atomic E-state index is 0.0566. The van der Waals surface area contributed by atoms with Crippen molar-refractivity contribution in [3.63, 3.8) is 0 Å². The standard InChI is InChI=1S/C31H44N4O9S/c1-31(2,13-14-34(3)30(38)39)20-35(45(40,41)23-11-7-10-22(32)17-23)18-26(36)25(16-21-8-5-4-6-9-21)33-29(37)44-27-19-43-28-24(27)12-15-42-28/h4-11,17,24-28,36H,12-16,18-20,32H2,1-3H3,(H,33,37)(H,38,39)/p-1/t24-,25-,26+,27-,28+/m0/s1. The highest BCUT2D eigenvalue weighted by Gasteiger charge is 2.44. The van der Waals surface area contributed by atoms with Crippen molar-refractivity contribution in [2.24, 2.45) is 11.3 Å². The number of benzene rings is 2. The van der Waals surface area contributed by atoms with Gasteiger partial charge < -0.3 is 45.2 Å².